The van der Waals surface area contributed by atoms with Gasteiger partial charge in [-0.25, -0.2) is 0 Å². The summed E-state index contributed by atoms with van der Waals surface area (Å²) in [4.78, 5) is 15.3. The minimum atomic E-state index is -0.491. The molecule has 1 aliphatic rings. The molecular weight excluding hydrogens is 462 g/mol. The smallest absolute Gasteiger partial charge is 0.266 e. The van der Waals surface area contributed by atoms with E-state index in [-0.39, 0.29) is 5.57 Å². The lowest BCUT2D eigenvalue weighted by Gasteiger charge is -2.30. The van der Waals surface area contributed by atoms with Crippen LogP contribution in [0.4, 0.5) is 11.4 Å². The summed E-state index contributed by atoms with van der Waals surface area (Å²) in [6.07, 6.45) is 1.61. The topological polar surface area (TPSA) is 83.2 Å². The summed E-state index contributed by atoms with van der Waals surface area (Å²) in [6.45, 7) is 9.15. The van der Waals surface area contributed by atoms with Crippen LogP contribution < -0.4 is 10.2 Å². The molecule has 3 aromatic rings. The Morgan fingerprint density at radius 3 is 2.57 bits per heavy atom. The van der Waals surface area contributed by atoms with Crippen LogP contribution in [0.1, 0.15) is 28.1 Å². The van der Waals surface area contributed by atoms with Gasteiger partial charge in [0.2, 0.25) is 0 Å². The fourth-order valence-electron chi connectivity index (χ4n) is 4.11. The van der Waals surface area contributed by atoms with Crippen LogP contribution in [0.15, 0.2) is 48.0 Å². The van der Waals surface area contributed by atoms with E-state index in [0.717, 1.165) is 28.2 Å². The van der Waals surface area contributed by atoms with Crippen LogP contribution >= 0.6 is 11.6 Å². The van der Waals surface area contributed by atoms with Crippen LogP contribution in [-0.2, 0) is 16.1 Å². The summed E-state index contributed by atoms with van der Waals surface area (Å²) in [5, 5.41) is 17.8. The van der Waals surface area contributed by atoms with Crippen molar-refractivity contribution in [3.63, 3.8) is 0 Å². The number of halogens is 1. The fourth-order valence-corrected chi connectivity index (χ4v) is 4.28. The molecule has 0 aliphatic carbocycles. The van der Waals surface area contributed by atoms with Gasteiger partial charge in [0, 0.05) is 29.4 Å². The Bertz CT molecular complexity index is 1300. The molecule has 1 fully saturated rings. The van der Waals surface area contributed by atoms with Crippen LogP contribution in [0.3, 0.4) is 0 Å². The fraction of sp³-hybridized carbons (Fsp3) is 0.296. The summed E-state index contributed by atoms with van der Waals surface area (Å²) in [6, 6.07) is 15.7. The quantitative estimate of drug-likeness (QED) is 0.393. The largest absolute Gasteiger partial charge is 0.378 e. The maximum atomic E-state index is 13.1. The molecule has 0 unspecified atom stereocenters. The summed E-state index contributed by atoms with van der Waals surface area (Å²) in [5.41, 5.74) is 6.16. The number of aromatic nitrogens is 2. The van der Waals surface area contributed by atoms with E-state index >= 15 is 0 Å². The number of hydrogen-bond donors (Lipinski definition) is 1. The second-order valence-electron chi connectivity index (χ2n) is 8.61. The second kappa shape index (κ2) is 10.8. The zero-order valence-corrected chi connectivity index (χ0v) is 20.9. The van der Waals surface area contributed by atoms with Gasteiger partial charge in [0.1, 0.15) is 11.6 Å². The van der Waals surface area contributed by atoms with E-state index in [2.05, 4.69) is 46.5 Å². The first-order chi connectivity index (χ1) is 16.9. The Kier molecular flexibility index (Phi) is 7.54. The predicted octanol–water partition coefficient (Wildman–Crippen LogP) is 4.89. The molecule has 0 spiro atoms. The third-order valence-corrected chi connectivity index (χ3v) is 6.34. The predicted molar refractivity (Wildman–Crippen MR) is 139 cm³/mol. The standard InChI is InChI=1S/C27H28ClN5O2/c1-18-4-6-21(7-5-18)17-33-20(3)24(19(2)31-33)14-22(16-29)27(34)30-25-15-23(28)8-9-26(25)32-10-12-35-13-11-32/h4-9,14-15H,10-13,17H2,1-3H3,(H,30,34)/b22-14+. The number of carbonyl (C=O) groups is 1. The van der Waals surface area contributed by atoms with Crippen LogP contribution in [0.2, 0.25) is 5.02 Å². The molecule has 35 heavy (non-hydrogen) atoms. The number of rotatable bonds is 6. The highest BCUT2D eigenvalue weighted by atomic mass is 35.5. The van der Waals surface area contributed by atoms with Gasteiger partial charge in [0.25, 0.3) is 5.91 Å². The number of ether oxygens (including phenoxy) is 1. The average Bonchev–Trinajstić information content (AvgIpc) is 3.11. The van der Waals surface area contributed by atoms with E-state index in [4.69, 9.17) is 16.3 Å². The van der Waals surface area contributed by atoms with Crippen LogP contribution in [-0.4, -0.2) is 42.0 Å². The zero-order chi connectivity index (χ0) is 24.9. The molecule has 8 heteroatoms. The van der Waals surface area contributed by atoms with Crippen LogP contribution in [0.25, 0.3) is 6.08 Å². The molecule has 1 amide bonds. The van der Waals surface area contributed by atoms with E-state index in [1.54, 1.807) is 18.2 Å². The molecule has 2 aromatic carbocycles. The van der Waals surface area contributed by atoms with Gasteiger partial charge in [-0.1, -0.05) is 41.4 Å². The highest BCUT2D eigenvalue weighted by molar-refractivity contribution is 6.31. The SMILES string of the molecule is Cc1ccc(Cn2nc(C)c(/C=C(\C#N)C(=O)Nc3cc(Cl)ccc3N3CCOCC3)c2C)cc1. The summed E-state index contributed by atoms with van der Waals surface area (Å²) >= 11 is 6.22. The van der Waals surface area contributed by atoms with E-state index < -0.39 is 5.91 Å². The first-order valence-electron chi connectivity index (χ1n) is 11.5. The van der Waals surface area contributed by atoms with Crippen LogP contribution in [0, 0.1) is 32.1 Å². The average molecular weight is 490 g/mol. The molecule has 2 heterocycles. The molecule has 1 aromatic heterocycles. The van der Waals surface area contributed by atoms with Crippen molar-refractivity contribution in [2.45, 2.75) is 27.3 Å². The summed E-state index contributed by atoms with van der Waals surface area (Å²) < 4.78 is 7.33. The zero-order valence-electron chi connectivity index (χ0n) is 20.1. The molecule has 1 saturated heterocycles. The summed E-state index contributed by atoms with van der Waals surface area (Å²) in [7, 11) is 0. The lowest BCUT2D eigenvalue weighted by Crippen LogP contribution is -2.36. The minimum absolute atomic E-state index is 0.000936. The van der Waals surface area contributed by atoms with Crippen molar-refractivity contribution in [2.75, 3.05) is 36.5 Å². The number of aryl methyl sites for hydroxylation is 2. The normalized spacial score (nSPS) is 14.0. The lowest BCUT2D eigenvalue weighted by atomic mass is 10.1. The molecular formula is C27H28ClN5O2. The van der Waals surface area contributed by atoms with Crippen LogP contribution in [0.5, 0.6) is 0 Å². The first kappa shape index (κ1) is 24.5. The lowest BCUT2D eigenvalue weighted by molar-refractivity contribution is -0.112. The monoisotopic (exact) mass is 489 g/mol. The van der Waals surface area contributed by atoms with E-state index in [0.29, 0.717) is 43.6 Å². The Labute approximate surface area is 210 Å². The van der Waals surface area contributed by atoms with Crippen molar-refractivity contribution >= 4 is 35.0 Å². The minimum Gasteiger partial charge on any atom is -0.378 e. The number of carbonyl (C=O) groups excluding carboxylic acids is 1. The first-order valence-corrected chi connectivity index (χ1v) is 11.9. The van der Waals surface area contributed by atoms with Gasteiger partial charge < -0.3 is 15.0 Å². The Balaban J connectivity index is 1.58. The van der Waals surface area contributed by atoms with Crippen molar-refractivity contribution in [1.82, 2.24) is 9.78 Å². The Morgan fingerprint density at radius 1 is 1.17 bits per heavy atom. The molecule has 0 saturated carbocycles. The molecule has 180 valence electrons. The third-order valence-electron chi connectivity index (χ3n) is 6.10. The third kappa shape index (κ3) is 5.73. The van der Waals surface area contributed by atoms with E-state index in [1.165, 1.54) is 5.56 Å². The molecule has 4 rings (SSSR count). The molecule has 7 nitrogen and oxygen atoms in total. The van der Waals surface area contributed by atoms with E-state index in [1.807, 2.05) is 30.7 Å². The number of anilines is 2. The molecule has 0 atom stereocenters. The Morgan fingerprint density at radius 2 is 1.89 bits per heavy atom. The number of morpholine rings is 1. The highest BCUT2D eigenvalue weighted by Gasteiger charge is 2.19. The summed E-state index contributed by atoms with van der Waals surface area (Å²) in [5.74, 6) is -0.491. The number of amides is 1. The van der Waals surface area contributed by atoms with Crippen molar-refractivity contribution in [1.29, 1.82) is 5.26 Å². The Hall–Kier alpha value is -3.60. The number of hydrogen-bond acceptors (Lipinski definition) is 5. The highest BCUT2D eigenvalue weighted by Crippen LogP contribution is 2.30. The number of nitrogens with one attached hydrogen (secondary N) is 1. The van der Waals surface area contributed by atoms with Crippen molar-refractivity contribution in [3.8, 4) is 6.07 Å². The molecule has 1 N–H and O–H groups in total. The van der Waals surface area contributed by atoms with E-state index in [9.17, 15) is 10.1 Å². The van der Waals surface area contributed by atoms with Gasteiger partial charge in [-0.3, -0.25) is 9.48 Å². The second-order valence-corrected chi connectivity index (χ2v) is 9.05. The van der Waals surface area contributed by atoms with Gasteiger partial charge in [-0.2, -0.15) is 10.4 Å². The van der Waals surface area contributed by atoms with Gasteiger partial charge in [-0.15, -0.1) is 0 Å². The number of nitrogens with zero attached hydrogens (tertiary/aromatic N) is 4. The van der Waals surface area contributed by atoms with Gasteiger partial charge in [0.05, 0.1) is 36.8 Å². The van der Waals surface area contributed by atoms with Crippen molar-refractivity contribution < 1.29 is 9.53 Å². The van der Waals surface area contributed by atoms with Gasteiger partial charge in [-0.05, 0) is 50.6 Å². The van der Waals surface area contributed by atoms with Crippen molar-refractivity contribution in [3.05, 3.63) is 81.1 Å². The molecule has 0 radical (unpaired) electrons. The van der Waals surface area contributed by atoms with Gasteiger partial charge in [0.15, 0.2) is 0 Å². The van der Waals surface area contributed by atoms with Crippen molar-refractivity contribution in [2.24, 2.45) is 0 Å². The maximum absolute atomic E-state index is 13.1. The number of nitriles is 1. The maximum Gasteiger partial charge on any atom is 0.266 e. The number of benzene rings is 2. The molecule has 1 aliphatic heterocycles. The van der Waals surface area contributed by atoms with Gasteiger partial charge >= 0.3 is 0 Å². The molecule has 0 bridgehead atoms.